The van der Waals surface area contributed by atoms with E-state index in [1.165, 1.54) is 40.4 Å². The van der Waals surface area contributed by atoms with E-state index in [1.807, 2.05) is 37.3 Å². The molecule has 0 spiro atoms. The van der Waals surface area contributed by atoms with Gasteiger partial charge in [-0.05, 0) is 105 Å². The number of fused-ring (bicyclic) bond motifs is 3. The minimum Gasteiger partial charge on any atom is -0.306 e. The van der Waals surface area contributed by atoms with Gasteiger partial charge in [0, 0.05) is 18.2 Å². The normalized spacial score (nSPS) is 15.0. The van der Waals surface area contributed by atoms with Crippen LogP contribution in [-0.4, -0.2) is 35.6 Å². The Morgan fingerprint density at radius 1 is 0.902 bits per heavy atom. The van der Waals surface area contributed by atoms with Crippen molar-refractivity contribution in [2.45, 2.75) is 50.3 Å². The minimum absolute atomic E-state index is 0.156. The molecular formula is C31H29N5O3S2. The number of carbonyl (C=O) groups excluding carboxylic acids is 1. The summed E-state index contributed by atoms with van der Waals surface area (Å²) in [5, 5.41) is 8.24. The van der Waals surface area contributed by atoms with Crippen LogP contribution in [0.25, 0.3) is 15.3 Å². The lowest BCUT2D eigenvalue weighted by Gasteiger charge is -2.30. The lowest BCUT2D eigenvalue weighted by Crippen LogP contribution is -2.35. The molecule has 1 aliphatic carbocycles. The molecule has 208 valence electrons. The first-order chi connectivity index (χ1) is 19.9. The topological polar surface area (TPSA) is 97.2 Å². The Hall–Kier alpha value is -4.02. The number of benzene rings is 3. The van der Waals surface area contributed by atoms with Gasteiger partial charge in [0.15, 0.2) is 0 Å². The largest absolute Gasteiger partial charge is 0.306 e. The van der Waals surface area contributed by atoms with Crippen LogP contribution < -0.4 is 9.62 Å². The molecule has 3 heterocycles. The third kappa shape index (κ3) is 4.70. The second-order valence-electron chi connectivity index (χ2n) is 10.7. The van der Waals surface area contributed by atoms with Gasteiger partial charge in [0.2, 0.25) is 5.13 Å². The SMILES string of the molecule is Cc1cc(NC(=O)c2ccc(S(=O)(=O)N3CCCc4ccccc43)cc2)n(-c2nc3cc4c(cc3s2)CCCC4)n1. The summed E-state index contributed by atoms with van der Waals surface area (Å²) in [6.45, 7) is 2.30. The number of rotatable bonds is 5. The molecule has 0 atom stereocenters. The fraction of sp³-hybridized carbons (Fsp3) is 0.258. The fourth-order valence-electron chi connectivity index (χ4n) is 5.81. The molecule has 0 fully saturated rings. The highest BCUT2D eigenvalue weighted by Crippen LogP contribution is 2.34. The van der Waals surface area contributed by atoms with Crippen molar-refractivity contribution in [2.24, 2.45) is 0 Å². The maximum atomic E-state index is 13.5. The first-order valence-electron chi connectivity index (χ1n) is 13.9. The molecule has 5 aromatic rings. The summed E-state index contributed by atoms with van der Waals surface area (Å²) in [6.07, 6.45) is 6.25. The van der Waals surface area contributed by atoms with Crippen molar-refractivity contribution in [1.82, 2.24) is 14.8 Å². The Balaban J connectivity index is 1.13. The number of hydrogen-bond acceptors (Lipinski definition) is 6. The first kappa shape index (κ1) is 25.9. The second kappa shape index (κ2) is 10.1. The Bertz CT molecular complexity index is 1870. The summed E-state index contributed by atoms with van der Waals surface area (Å²) in [4.78, 5) is 18.2. The van der Waals surface area contributed by atoms with Gasteiger partial charge in [-0.3, -0.25) is 9.10 Å². The number of nitrogens with one attached hydrogen (secondary N) is 1. The standard InChI is InChI=1S/C31H29N5O3S2/c1-20-17-29(36(34-20)31-32-26-18-23-8-2-3-9-24(23)19-28(26)40-31)33-30(37)22-12-14-25(15-13-22)41(38,39)35-16-6-10-21-7-4-5-11-27(21)35/h4-5,7,11-15,17-19H,2-3,6,8-10,16H2,1H3,(H,33,37). The number of aromatic nitrogens is 3. The minimum atomic E-state index is -3.75. The van der Waals surface area contributed by atoms with Crippen molar-refractivity contribution in [3.8, 4) is 5.13 Å². The van der Waals surface area contributed by atoms with E-state index in [4.69, 9.17) is 4.98 Å². The van der Waals surface area contributed by atoms with E-state index in [0.29, 0.717) is 23.1 Å². The van der Waals surface area contributed by atoms with Gasteiger partial charge in [-0.15, -0.1) is 0 Å². The Morgan fingerprint density at radius 3 is 2.44 bits per heavy atom. The Labute approximate surface area is 242 Å². The lowest BCUT2D eigenvalue weighted by atomic mass is 9.92. The molecule has 0 bridgehead atoms. The van der Waals surface area contributed by atoms with Crippen LogP contribution in [0.15, 0.2) is 71.6 Å². The number of amides is 1. The molecule has 2 aliphatic rings. The lowest BCUT2D eigenvalue weighted by molar-refractivity contribution is 0.102. The predicted molar refractivity (Wildman–Crippen MR) is 162 cm³/mol. The molecule has 0 unspecified atom stereocenters. The van der Waals surface area contributed by atoms with Gasteiger partial charge >= 0.3 is 0 Å². The van der Waals surface area contributed by atoms with Crippen LogP contribution in [0.4, 0.5) is 11.5 Å². The van der Waals surface area contributed by atoms with Crippen LogP contribution in [0.3, 0.4) is 0 Å². The molecule has 41 heavy (non-hydrogen) atoms. The van der Waals surface area contributed by atoms with Gasteiger partial charge in [-0.2, -0.15) is 9.78 Å². The average Bonchev–Trinajstić information content (AvgIpc) is 3.57. The fourth-order valence-corrected chi connectivity index (χ4v) is 8.33. The average molecular weight is 584 g/mol. The summed E-state index contributed by atoms with van der Waals surface area (Å²) in [5.74, 6) is 0.160. The molecule has 0 radical (unpaired) electrons. The number of thiazole rings is 1. The highest BCUT2D eigenvalue weighted by Gasteiger charge is 2.29. The number of aryl methyl sites for hydroxylation is 4. The van der Waals surface area contributed by atoms with Crippen LogP contribution in [0.2, 0.25) is 0 Å². The summed E-state index contributed by atoms with van der Waals surface area (Å²) >= 11 is 1.55. The predicted octanol–water partition coefficient (Wildman–Crippen LogP) is 6.06. The van der Waals surface area contributed by atoms with Gasteiger partial charge in [-0.1, -0.05) is 29.5 Å². The van der Waals surface area contributed by atoms with Gasteiger partial charge in [0.25, 0.3) is 15.9 Å². The van der Waals surface area contributed by atoms with Gasteiger partial charge in [-0.25, -0.2) is 13.4 Å². The van der Waals surface area contributed by atoms with E-state index in [1.54, 1.807) is 28.2 Å². The van der Waals surface area contributed by atoms with Crippen LogP contribution >= 0.6 is 11.3 Å². The third-order valence-corrected chi connectivity index (χ3v) is 10.7. The van der Waals surface area contributed by atoms with E-state index in [-0.39, 0.29) is 10.8 Å². The van der Waals surface area contributed by atoms with E-state index in [2.05, 4.69) is 22.5 Å². The zero-order chi connectivity index (χ0) is 28.1. The number of carbonyl (C=O) groups is 1. The number of para-hydroxylation sites is 1. The molecule has 0 saturated carbocycles. The summed E-state index contributed by atoms with van der Waals surface area (Å²) in [5.41, 5.74) is 6.58. The second-order valence-corrected chi connectivity index (χ2v) is 13.5. The van der Waals surface area contributed by atoms with Gasteiger partial charge in [0.1, 0.15) is 5.82 Å². The highest BCUT2D eigenvalue weighted by atomic mass is 32.2. The van der Waals surface area contributed by atoms with E-state index in [0.717, 1.165) is 52.8 Å². The van der Waals surface area contributed by atoms with Crippen LogP contribution in [0, 0.1) is 6.92 Å². The van der Waals surface area contributed by atoms with Crippen molar-refractivity contribution < 1.29 is 13.2 Å². The molecule has 0 saturated heterocycles. The molecule has 2 aromatic heterocycles. The monoisotopic (exact) mass is 583 g/mol. The number of nitrogens with zero attached hydrogens (tertiary/aromatic N) is 4. The highest BCUT2D eigenvalue weighted by molar-refractivity contribution is 7.92. The van der Waals surface area contributed by atoms with Crippen LogP contribution in [0.1, 0.15) is 52.0 Å². The molecule has 10 heteroatoms. The molecular weight excluding hydrogens is 555 g/mol. The van der Waals surface area contributed by atoms with E-state index < -0.39 is 10.0 Å². The molecule has 1 amide bonds. The summed E-state index contributed by atoms with van der Waals surface area (Å²) < 4.78 is 31.2. The van der Waals surface area contributed by atoms with Crippen molar-refractivity contribution in [3.63, 3.8) is 0 Å². The maximum absolute atomic E-state index is 13.5. The van der Waals surface area contributed by atoms with Crippen molar-refractivity contribution in [2.75, 3.05) is 16.2 Å². The van der Waals surface area contributed by atoms with Crippen LogP contribution in [0.5, 0.6) is 0 Å². The Kier molecular flexibility index (Phi) is 6.39. The van der Waals surface area contributed by atoms with Gasteiger partial charge in [0.05, 0.1) is 26.5 Å². The van der Waals surface area contributed by atoms with E-state index in [9.17, 15) is 13.2 Å². The molecule has 7 rings (SSSR count). The maximum Gasteiger partial charge on any atom is 0.264 e. The molecule has 1 aliphatic heterocycles. The quantitative estimate of drug-likeness (QED) is 0.271. The number of sulfonamides is 1. The van der Waals surface area contributed by atoms with Crippen LogP contribution in [-0.2, 0) is 29.3 Å². The van der Waals surface area contributed by atoms with Crippen molar-refractivity contribution >= 4 is 49.0 Å². The van der Waals surface area contributed by atoms with Crippen molar-refractivity contribution in [1.29, 1.82) is 0 Å². The first-order valence-corrected chi connectivity index (χ1v) is 16.1. The number of anilines is 2. The van der Waals surface area contributed by atoms with Gasteiger partial charge < -0.3 is 5.32 Å². The van der Waals surface area contributed by atoms with E-state index >= 15 is 0 Å². The summed E-state index contributed by atoms with van der Waals surface area (Å²) in [7, 11) is -3.75. The van der Waals surface area contributed by atoms with Crippen molar-refractivity contribution in [3.05, 3.63) is 94.7 Å². The summed E-state index contributed by atoms with van der Waals surface area (Å²) in [6, 6.07) is 19.9. The zero-order valence-corrected chi connectivity index (χ0v) is 24.3. The molecule has 8 nitrogen and oxygen atoms in total. The number of hydrogen-bond donors (Lipinski definition) is 1. The smallest absolute Gasteiger partial charge is 0.264 e. The Morgan fingerprint density at radius 2 is 1.63 bits per heavy atom. The molecule has 1 N–H and O–H groups in total. The third-order valence-electron chi connectivity index (χ3n) is 7.87. The molecule has 3 aromatic carbocycles. The zero-order valence-electron chi connectivity index (χ0n) is 22.6.